The van der Waals surface area contributed by atoms with Gasteiger partial charge in [0.1, 0.15) is 5.52 Å². The van der Waals surface area contributed by atoms with E-state index >= 15 is 0 Å². The van der Waals surface area contributed by atoms with E-state index in [1.807, 2.05) is 24.4 Å². The molecule has 1 amide bonds. The summed E-state index contributed by atoms with van der Waals surface area (Å²) in [4.78, 5) is 27.9. The van der Waals surface area contributed by atoms with Crippen LogP contribution in [-0.2, 0) is 11.3 Å². The van der Waals surface area contributed by atoms with E-state index in [2.05, 4.69) is 44.2 Å². The Labute approximate surface area is 158 Å². The standard InChI is InChI=1S/C21H23N5O/c1-15-5-2-3-6-16(15)12-25-21(27)17-7-4-10-26(14-17)18-11-19-20(24-13-18)23-9-8-22-19/h2-3,5-6,8-9,11,13,17H,4,7,10,12,14H2,1H3,(H,25,27)/t17-/m0/s1. The van der Waals surface area contributed by atoms with E-state index in [4.69, 9.17) is 0 Å². The van der Waals surface area contributed by atoms with E-state index in [0.29, 0.717) is 18.7 Å². The number of carbonyl (C=O) groups is 1. The van der Waals surface area contributed by atoms with E-state index in [9.17, 15) is 4.79 Å². The minimum Gasteiger partial charge on any atom is -0.369 e. The summed E-state index contributed by atoms with van der Waals surface area (Å²) in [6.07, 6.45) is 7.04. The Hall–Kier alpha value is -3.02. The predicted molar refractivity (Wildman–Crippen MR) is 105 cm³/mol. The van der Waals surface area contributed by atoms with Crippen molar-refractivity contribution >= 4 is 22.8 Å². The molecular formula is C21H23N5O. The Bertz CT molecular complexity index is 958. The molecule has 3 aromatic rings. The molecular weight excluding hydrogens is 338 g/mol. The number of aryl methyl sites for hydroxylation is 1. The summed E-state index contributed by atoms with van der Waals surface area (Å²) in [6.45, 7) is 4.27. The minimum absolute atomic E-state index is 0.0136. The summed E-state index contributed by atoms with van der Waals surface area (Å²) < 4.78 is 0. The number of carbonyl (C=O) groups excluding carboxylic acids is 1. The zero-order valence-corrected chi connectivity index (χ0v) is 15.4. The van der Waals surface area contributed by atoms with Crippen LogP contribution in [0.3, 0.4) is 0 Å². The van der Waals surface area contributed by atoms with Crippen molar-refractivity contribution in [3.8, 4) is 0 Å². The topological polar surface area (TPSA) is 71.0 Å². The highest BCUT2D eigenvalue weighted by Gasteiger charge is 2.26. The van der Waals surface area contributed by atoms with Crippen molar-refractivity contribution in [2.45, 2.75) is 26.3 Å². The SMILES string of the molecule is Cc1ccccc1CNC(=O)[C@H]1CCCN(c2cnc3nccnc3c2)C1. The van der Waals surface area contributed by atoms with Gasteiger partial charge < -0.3 is 10.2 Å². The summed E-state index contributed by atoms with van der Waals surface area (Å²) in [7, 11) is 0. The molecule has 0 bridgehead atoms. The maximum absolute atomic E-state index is 12.7. The number of fused-ring (bicyclic) bond motifs is 1. The number of pyridine rings is 1. The molecule has 1 aliphatic heterocycles. The van der Waals surface area contributed by atoms with Gasteiger partial charge in [0.05, 0.1) is 17.8 Å². The first-order chi connectivity index (χ1) is 13.2. The molecule has 0 radical (unpaired) electrons. The van der Waals surface area contributed by atoms with Crippen molar-refractivity contribution < 1.29 is 4.79 Å². The predicted octanol–water partition coefficient (Wildman–Crippen LogP) is 2.87. The quantitative estimate of drug-likeness (QED) is 0.774. The van der Waals surface area contributed by atoms with Gasteiger partial charge in [-0.1, -0.05) is 24.3 Å². The lowest BCUT2D eigenvalue weighted by atomic mass is 9.96. The Kier molecular flexibility index (Phi) is 4.96. The highest BCUT2D eigenvalue weighted by atomic mass is 16.1. The third-order valence-electron chi connectivity index (χ3n) is 5.18. The molecule has 4 rings (SSSR count). The highest BCUT2D eigenvalue weighted by Crippen LogP contribution is 2.24. The molecule has 3 heterocycles. The van der Waals surface area contributed by atoms with Gasteiger partial charge in [0.25, 0.3) is 0 Å². The molecule has 6 heteroatoms. The van der Waals surface area contributed by atoms with Crippen LogP contribution in [-0.4, -0.2) is 33.9 Å². The fourth-order valence-corrected chi connectivity index (χ4v) is 3.58. The second-order valence-electron chi connectivity index (χ2n) is 7.02. The van der Waals surface area contributed by atoms with Gasteiger partial charge >= 0.3 is 0 Å². The van der Waals surface area contributed by atoms with E-state index in [0.717, 1.165) is 36.2 Å². The van der Waals surface area contributed by atoms with Gasteiger partial charge in [0.2, 0.25) is 5.91 Å². The normalized spacial score (nSPS) is 17.1. The zero-order valence-electron chi connectivity index (χ0n) is 15.4. The smallest absolute Gasteiger partial charge is 0.225 e. The van der Waals surface area contributed by atoms with Crippen molar-refractivity contribution in [2.75, 3.05) is 18.0 Å². The molecule has 1 atom stereocenters. The molecule has 6 nitrogen and oxygen atoms in total. The number of anilines is 1. The summed E-state index contributed by atoms with van der Waals surface area (Å²) in [5, 5.41) is 3.11. The molecule has 1 aromatic carbocycles. The van der Waals surface area contributed by atoms with Crippen LogP contribution in [0.5, 0.6) is 0 Å². The molecule has 1 saturated heterocycles. The number of hydrogen-bond acceptors (Lipinski definition) is 5. The summed E-state index contributed by atoms with van der Waals surface area (Å²) in [6, 6.07) is 10.2. The molecule has 2 aromatic heterocycles. The first kappa shape index (κ1) is 17.4. The molecule has 1 N–H and O–H groups in total. The van der Waals surface area contributed by atoms with E-state index < -0.39 is 0 Å². The minimum atomic E-state index is -0.0136. The number of benzene rings is 1. The van der Waals surface area contributed by atoms with E-state index in [1.54, 1.807) is 12.4 Å². The number of amides is 1. The van der Waals surface area contributed by atoms with E-state index in [-0.39, 0.29) is 11.8 Å². The highest BCUT2D eigenvalue weighted by molar-refractivity contribution is 5.80. The number of piperidine rings is 1. The number of rotatable bonds is 4. The largest absolute Gasteiger partial charge is 0.369 e. The van der Waals surface area contributed by atoms with Crippen LogP contribution in [0.25, 0.3) is 11.2 Å². The molecule has 1 aliphatic rings. The first-order valence-corrected chi connectivity index (χ1v) is 9.34. The molecule has 0 saturated carbocycles. The van der Waals surface area contributed by atoms with Crippen LogP contribution < -0.4 is 10.2 Å². The average Bonchev–Trinajstić information content (AvgIpc) is 2.72. The Morgan fingerprint density at radius 1 is 1.22 bits per heavy atom. The average molecular weight is 361 g/mol. The fourth-order valence-electron chi connectivity index (χ4n) is 3.58. The Morgan fingerprint density at radius 2 is 2.07 bits per heavy atom. The zero-order chi connectivity index (χ0) is 18.6. The van der Waals surface area contributed by atoms with Gasteiger partial charge in [0, 0.05) is 32.0 Å². The number of aromatic nitrogens is 3. The van der Waals surface area contributed by atoms with Crippen molar-refractivity contribution in [2.24, 2.45) is 5.92 Å². The van der Waals surface area contributed by atoms with Crippen LogP contribution >= 0.6 is 0 Å². The third kappa shape index (κ3) is 3.89. The Balaban J connectivity index is 1.42. The van der Waals surface area contributed by atoms with Crippen LogP contribution in [0.4, 0.5) is 5.69 Å². The van der Waals surface area contributed by atoms with Gasteiger partial charge in [-0.3, -0.25) is 9.78 Å². The van der Waals surface area contributed by atoms with Crippen LogP contribution in [0.15, 0.2) is 48.9 Å². The second kappa shape index (κ2) is 7.70. The van der Waals surface area contributed by atoms with Gasteiger partial charge in [-0.25, -0.2) is 9.97 Å². The van der Waals surface area contributed by atoms with Gasteiger partial charge in [-0.2, -0.15) is 0 Å². The fraction of sp³-hybridized carbons (Fsp3) is 0.333. The maximum atomic E-state index is 12.7. The van der Waals surface area contributed by atoms with Crippen molar-refractivity contribution in [3.05, 3.63) is 60.0 Å². The monoisotopic (exact) mass is 361 g/mol. The number of hydrogen-bond donors (Lipinski definition) is 1. The van der Waals surface area contributed by atoms with Gasteiger partial charge in [-0.15, -0.1) is 0 Å². The summed E-state index contributed by atoms with van der Waals surface area (Å²) in [5.74, 6) is 0.108. The first-order valence-electron chi connectivity index (χ1n) is 9.34. The Morgan fingerprint density at radius 3 is 2.96 bits per heavy atom. The second-order valence-corrected chi connectivity index (χ2v) is 7.02. The molecule has 0 spiro atoms. The molecule has 1 fully saturated rings. The lowest BCUT2D eigenvalue weighted by Crippen LogP contribution is -2.43. The van der Waals surface area contributed by atoms with Gasteiger partial charge in [-0.05, 0) is 37.0 Å². The number of nitrogens with zero attached hydrogens (tertiary/aromatic N) is 4. The summed E-state index contributed by atoms with van der Waals surface area (Å²) in [5.41, 5.74) is 4.79. The molecule has 0 aliphatic carbocycles. The van der Waals surface area contributed by atoms with Crippen LogP contribution in [0.2, 0.25) is 0 Å². The van der Waals surface area contributed by atoms with Crippen LogP contribution in [0, 0.1) is 12.8 Å². The van der Waals surface area contributed by atoms with Crippen molar-refractivity contribution in [3.63, 3.8) is 0 Å². The molecule has 27 heavy (non-hydrogen) atoms. The molecule has 0 unspecified atom stereocenters. The lowest BCUT2D eigenvalue weighted by molar-refractivity contribution is -0.125. The maximum Gasteiger partial charge on any atom is 0.225 e. The molecule has 138 valence electrons. The third-order valence-corrected chi connectivity index (χ3v) is 5.18. The van der Waals surface area contributed by atoms with E-state index in [1.165, 1.54) is 5.56 Å². The van der Waals surface area contributed by atoms with Gasteiger partial charge in [0.15, 0.2) is 5.65 Å². The van der Waals surface area contributed by atoms with Crippen LogP contribution in [0.1, 0.15) is 24.0 Å². The van der Waals surface area contributed by atoms with Crippen molar-refractivity contribution in [1.29, 1.82) is 0 Å². The number of nitrogens with one attached hydrogen (secondary N) is 1. The lowest BCUT2D eigenvalue weighted by Gasteiger charge is -2.33. The summed E-state index contributed by atoms with van der Waals surface area (Å²) >= 11 is 0. The van der Waals surface area contributed by atoms with Crippen molar-refractivity contribution in [1.82, 2.24) is 20.3 Å².